The van der Waals surface area contributed by atoms with Crippen molar-refractivity contribution >= 4 is 15.9 Å². The summed E-state index contributed by atoms with van der Waals surface area (Å²) in [6.07, 6.45) is 4.44. The summed E-state index contributed by atoms with van der Waals surface area (Å²) in [6.45, 7) is 0.128. The molecule has 1 saturated heterocycles. The van der Waals surface area contributed by atoms with Gasteiger partial charge in [-0.15, -0.1) is 0 Å². The molecule has 3 rings (SSSR count). The van der Waals surface area contributed by atoms with Gasteiger partial charge in [0, 0.05) is 25.0 Å². The van der Waals surface area contributed by atoms with Crippen LogP contribution in [0.1, 0.15) is 24.8 Å². The monoisotopic (exact) mass is 463 g/mol. The molecule has 174 valence electrons. The molecule has 10 heteroatoms. The fourth-order valence-electron chi connectivity index (χ4n) is 3.64. The molecule has 1 aliphatic rings. The molecule has 2 aromatic rings. The van der Waals surface area contributed by atoms with Crippen LogP contribution in [-0.2, 0) is 26.0 Å². The lowest BCUT2D eigenvalue weighted by atomic mass is 9.98. The number of nitrogens with one attached hydrogen (secondary N) is 2. The summed E-state index contributed by atoms with van der Waals surface area (Å²) < 4.78 is 39.2. The van der Waals surface area contributed by atoms with Gasteiger partial charge in [-0.05, 0) is 49.1 Å². The van der Waals surface area contributed by atoms with Gasteiger partial charge in [-0.1, -0.05) is 6.07 Å². The van der Waals surface area contributed by atoms with Gasteiger partial charge in [-0.25, -0.2) is 13.1 Å². The Kier molecular flexibility index (Phi) is 8.57. The van der Waals surface area contributed by atoms with Gasteiger partial charge in [0.2, 0.25) is 15.9 Å². The van der Waals surface area contributed by atoms with Crippen LogP contribution >= 0.6 is 0 Å². The van der Waals surface area contributed by atoms with Crippen molar-refractivity contribution in [3.05, 3.63) is 54.4 Å². The third kappa shape index (κ3) is 6.73. The lowest BCUT2D eigenvalue weighted by molar-refractivity contribution is -0.121. The summed E-state index contributed by atoms with van der Waals surface area (Å²) in [4.78, 5) is 16.1. The Balaban J connectivity index is 1.48. The van der Waals surface area contributed by atoms with Gasteiger partial charge < -0.3 is 19.9 Å². The standard InChI is InChI=1S/C22H29N3O6S/c1-30-18-3-2-4-19(14-18)32(28,29)25-20-6-5-17(31-21(20)15-26)9-12-24-22(27)13-16-7-10-23-11-8-16/h2-4,7-8,10-11,14,17,20-21,25-26H,5-6,9,12-13,15H2,1H3,(H,24,27)/t17-,20+,21+/m1/s1. The highest BCUT2D eigenvalue weighted by atomic mass is 32.2. The summed E-state index contributed by atoms with van der Waals surface area (Å²) in [7, 11) is -2.32. The van der Waals surface area contributed by atoms with Crippen molar-refractivity contribution in [3.63, 3.8) is 0 Å². The van der Waals surface area contributed by atoms with Crippen LogP contribution in [0.2, 0.25) is 0 Å². The summed E-state index contributed by atoms with van der Waals surface area (Å²) in [5.41, 5.74) is 0.887. The molecule has 1 aliphatic heterocycles. The lowest BCUT2D eigenvalue weighted by Gasteiger charge is -2.36. The van der Waals surface area contributed by atoms with Crippen LogP contribution in [0.4, 0.5) is 0 Å². The number of hydrogen-bond acceptors (Lipinski definition) is 7. The Morgan fingerprint density at radius 3 is 2.75 bits per heavy atom. The molecule has 1 fully saturated rings. The minimum absolute atomic E-state index is 0.0883. The molecule has 1 aromatic heterocycles. The first kappa shape index (κ1) is 24.1. The number of aliphatic hydroxyl groups is 1. The Hall–Kier alpha value is -2.53. The number of methoxy groups -OCH3 is 1. The maximum absolute atomic E-state index is 12.8. The molecule has 32 heavy (non-hydrogen) atoms. The zero-order valence-corrected chi connectivity index (χ0v) is 18.8. The Morgan fingerprint density at radius 1 is 1.25 bits per heavy atom. The van der Waals surface area contributed by atoms with Gasteiger partial charge in [0.15, 0.2) is 0 Å². The molecule has 0 bridgehead atoms. The average molecular weight is 464 g/mol. The van der Waals surface area contributed by atoms with E-state index >= 15 is 0 Å². The number of carbonyl (C=O) groups is 1. The number of carbonyl (C=O) groups excluding carboxylic acids is 1. The van der Waals surface area contributed by atoms with Crippen molar-refractivity contribution in [3.8, 4) is 5.75 Å². The molecule has 1 amide bonds. The zero-order chi connectivity index (χ0) is 23.0. The van der Waals surface area contributed by atoms with Crippen molar-refractivity contribution in [2.45, 2.75) is 48.8 Å². The van der Waals surface area contributed by atoms with E-state index in [-0.39, 0.29) is 29.9 Å². The van der Waals surface area contributed by atoms with E-state index in [1.54, 1.807) is 36.7 Å². The number of sulfonamides is 1. The van der Waals surface area contributed by atoms with Crippen LogP contribution in [-0.4, -0.2) is 62.9 Å². The molecule has 3 N–H and O–H groups in total. The fourth-order valence-corrected chi connectivity index (χ4v) is 4.97. The van der Waals surface area contributed by atoms with E-state index < -0.39 is 22.2 Å². The van der Waals surface area contributed by atoms with E-state index in [9.17, 15) is 18.3 Å². The van der Waals surface area contributed by atoms with Crippen molar-refractivity contribution in [1.82, 2.24) is 15.0 Å². The Bertz CT molecular complexity index is 986. The van der Waals surface area contributed by atoms with Crippen LogP contribution in [0.5, 0.6) is 5.75 Å². The molecular weight excluding hydrogens is 434 g/mol. The van der Waals surface area contributed by atoms with Gasteiger partial charge in [0.05, 0.1) is 43.3 Å². The average Bonchev–Trinajstić information content (AvgIpc) is 2.80. The second-order valence-electron chi connectivity index (χ2n) is 7.63. The topological polar surface area (TPSA) is 127 Å². The summed E-state index contributed by atoms with van der Waals surface area (Å²) in [5.74, 6) is 0.354. The Morgan fingerprint density at radius 2 is 2.03 bits per heavy atom. The highest BCUT2D eigenvalue weighted by molar-refractivity contribution is 7.89. The smallest absolute Gasteiger partial charge is 0.241 e. The number of ether oxygens (including phenoxy) is 2. The van der Waals surface area contributed by atoms with Crippen molar-refractivity contribution < 1.29 is 27.8 Å². The van der Waals surface area contributed by atoms with Gasteiger partial charge in [0.25, 0.3) is 0 Å². The second-order valence-corrected chi connectivity index (χ2v) is 9.35. The van der Waals surface area contributed by atoms with E-state index in [1.165, 1.54) is 19.2 Å². The van der Waals surface area contributed by atoms with E-state index in [0.717, 1.165) is 5.56 Å². The maximum Gasteiger partial charge on any atom is 0.241 e. The largest absolute Gasteiger partial charge is 0.497 e. The van der Waals surface area contributed by atoms with Crippen LogP contribution in [0.3, 0.4) is 0 Å². The number of benzene rings is 1. The molecule has 0 radical (unpaired) electrons. The molecular formula is C22H29N3O6S. The maximum atomic E-state index is 12.8. The van der Waals surface area contributed by atoms with Crippen molar-refractivity contribution in [2.24, 2.45) is 0 Å². The first-order valence-corrected chi connectivity index (χ1v) is 12.0. The molecule has 0 aliphatic carbocycles. The predicted octanol–water partition coefficient (Wildman–Crippen LogP) is 1.03. The molecule has 0 saturated carbocycles. The van der Waals surface area contributed by atoms with Gasteiger partial charge in [-0.2, -0.15) is 0 Å². The molecule has 0 unspecified atom stereocenters. The van der Waals surface area contributed by atoms with Crippen LogP contribution in [0.15, 0.2) is 53.7 Å². The van der Waals surface area contributed by atoms with Crippen LogP contribution in [0, 0.1) is 0 Å². The molecule has 2 heterocycles. The normalized spacial score (nSPS) is 21.1. The van der Waals surface area contributed by atoms with Gasteiger partial charge >= 0.3 is 0 Å². The van der Waals surface area contributed by atoms with E-state index in [1.807, 2.05) is 0 Å². The summed E-state index contributed by atoms with van der Waals surface area (Å²) in [5, 5.41) is 12.6. The quantitative estimate of drug-likeness (QED) is 0.480. The number of hydrogen-bond donors (Lipinski definition) is 3. The summed E-state index contributed by atoms with van der Waals surface area (Å²) >= 11 is 0. The number of rotatable bonds is 10. The second kappa shape index (κ2) is 11.4. The SMILES string of the molecule is COc1cccc(S(=O)(=O)N[C@H]2CC[C@H](CCNC(=O)Cc3ccncc3)O[C@H]2CO)c1. The van der Waals surface area contributed by atoms with Gasteiger partial charge in [0.1, 0.15) is 5.75 Å². The summed E-state index contributed by atoms with van der Waals surface area (Å²) in [6, 6.07) is 9.24. The number of aromatic nitrogens is 1. The molecule has 0 spiro atoms. The minimum atomic E-state index is -3.79. The number of pyridine rings is 1. The molecule has 3 atom stereocenters. The minimum Gasteiger partial charge on any atom is -0.497 e. The van der Waals surface area contributed by atoms with E-state index in [4.69, 9.17) is 9.47 Å². The number of aliphatic hydroxyl groups excluding tert-OH is 1. The van der Waals surface area contributed by atoms with E-state index in [2.05, 4.69) is 15.0 Å². The van der Waals surface area contributed by atoms with E-state index in [0.29, 0.717) is 31.6 Å². The molecule has 9 nitrogen and oxygen atoms in total. The Labute approximate surface area is 188 Å². The van der Waals surface area contributed by atoms with Crippen molar-refractivity contribution in [1.29, 1.82) is 0 Å². The van der Waals surface area contributed by atoms with Crippen LogP contribution in [0.25, 0.3) is 0 Å². The van der Waals surface area contributed by atoms with Gasteiger partial charge in [-0.3, -0.25) is 9.78 Å². The number of nitrogens with zero attached hydrogens (tertiary/aromatic N) is 1. The van der Waals surface area contributed by atoms with Crippen molar-refractivity contribution in [2.75, 3.05) is 20.3 Å². The first-order chi connectivity index (χ1) is 15.4. The number of amides is 1. The highest BCUT2D eigenvalue weighted by Crippen LogP contribution is 2.24. The lowest BCUT2D eigenvalue weighted by Crippen LogP contribution is -2.51. The zero-order valence-electron chi connectivity index (χ0n) is 17.9. The highest BCUT2D eigenvalue weighted by Gasteiger charge is 2.34. The fraction of sp³-hybridized carbons (Fsp3) is 0.455. The predicted molar refractivity (Wildman–Crippen MR) is 118 cm³/mol. The third-order valence-corrected chi connectivity index (χ3v) is 6.84. The third-order valence-electron chi connectivity index (χ3n) is 5.36. The van der Waals surface area contributed by atoms with Crippen LogP contribution < -0.4 is 14.8 Å². The first-order valence-electron chi connectivity index (χ1n) is 10.5. The molecule has 1 aromatic carbocycles.